The molecule has 1 N–H and O–H groups in total. The Kier molecular flexibility index (Phi) is 5.16. The quantitative estimate of drug-likeness (QED) is 0.888. The molecule has 0 amide bonds. The van der Waals surface area contributed by atoms with Crippen LogP contribution in [0, 0.1) is 11.7 Å². The van der Waals surface area contributed by atoms with Crippen molar-refractivity contribution in [2.45, 2.75) is 25.9 Å². The van der Waals surface area contributed by atoms with Crippen LogP contribution in [0.1, 0.15) is 19.8 Å². The second kappa shape index (κ2) is 6.87. The van der Waals surface area contributed by atoms with Crippen LogP contribution in [0.2, 0.25) is 0 Å². The van der Waals surface area contributed by atoms with Gasteiger partial charge in [0.15, 0.2) is 0 Å². The van der Waals surface area contributed by atoms with Crippen molar-refractivity contribution in [3.63, 3.8) is 0 Å². The number of halogens is 1. The van der Waals surface area contributed by atoms with Gasteiger partial charge in [0.1, 0.15) is 18.2 Å². The molecule has 1 heterocycles. The lowest BCUT2D eigenvalue weighted by Gasteiger charge is -2.33. The molecule has 2 rings (SSSR count). The number of likely N-dealkylation sites (tertiary alicyclic amines) is 1. The number of ether oxygens (including phenoxy) is 1. The molecule has 0 aliphatic carbocycles. The van der Waals surface area contributed by atoms with E-state index >= 15 is 0 Å². The van der Waals surface area contributed by atoms with Gasteiger partial charge in [-0.15, -0.1) is 0 Å². The van der Waals surface area contributed by atoms with Crippen molar-refractivity contribution >= 4 is 0 Å². The Hall–Kier alpha value is -1.13. The maximum atomic E-state index is 12.7. The summed E-state index contributed by atoms with van der Waals surface area (Å²) in [6.07, 6.45) is 1.59. The average Bonchev–Trinajstić information content (AvgIpc) is 2.46. The largest absolute Gasteiger partial charge is 0.491 e. The van der Waals surface area contributed by atoms with Crippen LogP contribution in [0.15, 0.2) is 24.3 Å². The van der Waals surface area contributed by atoms with Crippen LogP contribution in [0.4, 0.5) is 4.39 Å². The molecule has 1 atom stereocenters. The zero-order valence-electron chi connectivity index (χ0n) is 11.4. The Morgan fingerprint density at radius 1 is 1.32 bits per heavy atom. The summed E-state index contributed by atoms with van der Waals surface area (Å²) in [7, 11) is 0. The molecule has 1 aromatic rings. The van der Waals surface area contributed by atoms with Gasteiger partial charge < -0.3 is 14.7 Å². The lowest BCUT2D eigenvalue weighted by molar-refractivity contribution is 0.0267. The summed E-state index contributed by atoms with van der Waals surface area (Å²) in [6, 6.07) is 5.90. The number of rotatable bonds is 5. The first-order valence-electron chi connectivity index (χ1n) is 6.98. The third-order valence-electron chi connectivity index (χ3n) is 3.86. The topological polar surface area (TPSA) is 32.7 Å². The Morgan fingerprint density at radius 2 is 1.95 bits per heavy atom. The third-order valence-corrected chi connectivity index (χ3v) is 3.86. The normalized spacial score (nSPS) is 19.3. The molecule has 19 heavy (non-hydrogen) atoms. The molecule has 0 spiro atoms. The molecule has 1 aliphatic heterocycles. The number of hydrogen-bond acceptors (Lipinski definition) is 3. The molecule has 0 bridgehead atoms. The van der Waals surface area contributed by atoms with Crippen LogP contribution in [-0.4, -0.2) is 42.4 Å². The molecule has 106 valence electrons. The molecular formula is C15H22FNO2. The summed E-state index contributed by atoms with van der Waals surface area (Å²) in [5.74, 6) is 0.634. The van der Waals surface area contributed by atoms with Crippen molar-refractivity contribution in [3.8, 4) is 5.75 Å². The Morgan fingerprint density at radius 3 is 2.53 bits per heavy atom. The average molecular weight is 267 g/mol. The van der Waals surface area contributed by atoms with Crippen molar-refractivity contribution in [2.75, 3.05) is 26.2 Å². The molecule has 1 fully saturated rings. The van der Waals surface area contributed by atoms with Crippen molar-refractivity contribution in [1.82, 2.24) is 4.90 Å². The number of piperidine rings is 1. The molecule has 1 saturated heterocycles. The lowest BCUT2D eigenvalue weighted by Crippen LogP contribution is -2.39. The van der Waals surface area contributed by atoms with Crippen LogP contribution in [0.25, 0.3) is 0 Å². The molecule has 0 aromatic heterocycles. The van der Waals surface area contributed by atoms with E-state index in [1.165, 1.54) is 12.1 Å². The molecule has 4 heteroatoms. The van der Waals surface area contributed by atoms with Crippen LogP contribution < -0.4 is 4.74 Å². The van der Waals surface area contributed by atoms with Gasteiger partial charge in [-0.25, -0.2) is 4.39 Å². The van der Waals surface area contributed by atoms with E-state index in [1.54, 1.807) is 12.1 Å². The summed E-state index contributed by atoms with van der Waals surface area (Å²) in [6.45, 7) is 5.62. The molecule has 1 unspecified atom stereocenters. The molecule has 1 aliphatic rings. The van der Waals surface area contributed by atoms with Gasteiger partial charge in [-0.3, -0.25) is 0 Å². The highest BCUT2D eigenvalue weighted by atomic mass is 19.1. The summed E-state index contributed by atoms with van der Waals surface area (Å²) >= 11 is 0. The summed E-state index contributed by atoms with van der Waals surface area (Å²) in [4.78, 5) is 2.39. The third kappa shape index (κ3) is 4.18. The zero-order chi connectivity index (χ0) is 13.7. The Bertz CT molecular complexity index is 374. The minimum Gasteiger partial charge on any atom is -0.491 e. The van der Waals surface area contributed by atoms with Crippen LogP contribution in [-0.2, 0) is 0 Å². The molecule has 3 nitrogen and oxygen atoms in total. The van der Waals surface area contributed by atoms with E-state index in [0.29, 0.717) is 11.7 Å². The number of nitrogens with zero attached hydrogens (tertiary/aromatic N) is 1. The predicted octanol–water partition coefficient (Wildman–Crippen LogP) is 2.30. The summed E-state index contributed by atoms with van der Waals surface area (Å²) in [5.41, 5.74) is 0. The maximum absolute atomic E-state index is 12.7. The van der Waals surface area contributed by atoms with Gasteiger partial charge in [0.25, 0.3) is 0 Å². The summed E-state index contributed by atoms with van der Waals surface area (Å²) < 4.78 is 18.2. The van der Waals surface area contributed by atoms with Crippen molar-refractivity contribution in [1.29, 1.82) is 0 Å². The van der Waals surface area contributed by atoms with Gasteiger partial charge in [-0.2, -0.15) is 0 Å². The van der Waals surface area contributed by atoms with E-state index in [-0.39, 0.29) is 12.4 Å². The standard InChI is InChI=1S/C15H22FNO2/c1-2-17-9-7-12(8-10-17)15(18)11-19-14-5-3-13(16)4-6-14/h3-6,12,15,18H,2,7-11H2,1H3. The van der Waals surface area contributed by atoms with Crippen molar-refractivity contribution in [3.05, 3.63) is 30.1 Å². The van der Waals surface area contributed by atoms with Gasteiger partial charge >= 0.3 is 0 Å². The van der Waals surface area contributed by atoms with Crippen molar-refractivity contribution in [2.24, 2.45) is 5.92 Å². The molecule has 1 aromatic carbocycles. The maximum Gasteiger partial charge on any atom is 0.123 e. The number of aliphatic hydroxyl groups is 1. The predicted molar refractivity (Wildman–Crippen MR) is 72.7 cm³/mol. The second-order valence-corrected chi connectivity index (χ2v) is 5.10. The van der Waals surface area contributed by atoms with Gasteiger partial charge in [0, 0.05) is 0 Å². The Balaban J connectivity index is 1.75. The lowest BCUT2D eigenvalue weighted by atomic mass is 9.91. The van der Waals surface area contributed by atoms with E-state index < -0.39 is 6.10 Å². The van der Waals surface area contributed by atoms with Gasteiger partial charge in [0.2, 0.25) is 0 Å². The second-order valence-electron chi connectivity index (χ2n) is 5.10. The van der Waals surface area contributed by atoms with Gasteiger partial charge in [-0.1, -0.05) is 6.92 Å². The fourth-order valence-electron chi connectivity index (χ4n) is 2.50. The van der Waals surface area contributed by atoms with E-state index in [2.05, 4.69) is 11.8 Å². The highest BCUT2D eigenvalue weighted by Crippen LogP contribution is 2.21. The minimum atomic E-state index is -0.441. The SMILES string of the molecule is CCN1CCC(C(O)COc2ccc(F)cc2)CC1. The van der Waals surface area contributed by atoms with Gasteiger partial charge in [0.05, 0.1) is 6.10 Å². The first kappa shape index (κ1) is 14.3. The minimum absolute atomic E-state index is 0.278. The molecule has 0 radical (unpaired) electrons. The van der Waals surface area contributed by atoms with Crippen molar-refractivity contribution < 1.29 is 14.2 Å². The zero-order valence-corrected chi connectivity index (χ0v) is 11.4. The van der Waals surface area contributed by atoms with E-state index in [0.717, 1.165) is 32.5 Å². The highest BCUT2D eigenvalue weighted by molar-refractivity contribution is 5.22. The summed E-state index contributed by atoms with van der Waals surface area (Å²) in [5, 5.41) is 10.1. The fourth-order valence-corrected chi connectivity index (χ4v) is 2.50. The first-order chi connectivity index (χ1) is 9.19. The number of benzene rings is 1. The molecular weight excluding hydrogens is 245 g/mol. The van der Waals surface area contributed by atoms with Crippen LogP contribution in [0.5, 0.6) is 5.75 Å². The monoisotopic (exact) mass is 267 g/mol. The number of hydrogen-bond donors (Lipinski definition) is 1. The fraction of sp³-hybridized carbons (Fsp3) is 0.600. The first-order valence-corrected chi connectivity index (χ1v) is 6.98. The van der Waals surface area contributed by atoms with E-state index in [4.69, 9.17) is 4.74 Å². The highest BCUT2D eigenvalue weighted by Gasteiger charge is 2.24. The molecule has 0 saturated carbocycles. The van der Waals surface area contributed by atoms with Crippen LogP contribution in [0.3, 0.4) is 0 Å². The van der Waals surface area contributed by atoms with Gasteiger partial charge in [-0.05, 0) is 62.7 Å². The van der Waals surface area contributed by atoms with E-state index in [1.807, 2.05) is 0 Å². The smallest absolute Gasteiger partial charge is 0.123 e. The van der Waals surface area contributed by atoms with Crippen LogP contribution >= 0.6 is 0 Å². The number of aliphatic hydroxyl groups excluding tert-OH is 1. The van der Waals surface area contributed by atoms with E-state index in [9.17, 15) is 9.50 Å². The Labute approximate surface area is 114 Å².